The van der Waals surface area contributed by atoms with E-state index in [1.165, 1.54) is 114 Å². The van der Waals surface area contributed by atoms with E-state index in [9.17, 15) is 0 Å². The van der Waals surface area contributed by atoms with E-state index >= 15 is 0 Å². The number of anilines is 6. The van der Waals surface area contributed by atoms with Crippen LogP contribution < -0.4 is 44.4 Å². The predicted octanol–water partition coefficient (Wildman–Crippen LogP) is 33.3. The normalized spacial score (nSPS) is 13.5. The first kappa shape index (κ1) is 80.6. The molecule has 0 saturated carbocycles. The molecule has 0 spiro atoms. The van der Waals surface area contributed by atoms with Crippen LogP contribution in [0.4, 0.5) is 34.1 Å². The van der Waals surface area contributed by atoms with Crippen LogP contribution in [0.2, 0.25) is 5.02 Å². The van der Waals surface area contributed by atoms with Gasteiger partial charge in [-0.3, -0.25) is 0 Å². The highest BCUT2D eigenvalue weighted by molar-refractivity contribution is 14.1. The number of ether oxygens (including phenoxy) is 6. The van der Waals surface area contributed by atoms with E-state index in [0.717, 1.165) is 56.8 Å². The average molecular weight is 1820 g/mol. The van der Waals surface area contributed by atoms with Gasteiger partial charge < -0.3 is 53.5 Å². The molecule has 0 fully saturated rings. The molecule has 20 aromatic rings. The Balaban J connectivity index is 0.000000104. The molecule has 0 amide bonds. The standard InChI is InChI=1S/C45H32N2O2.C27H21NO2.C18H12IN.C15H15N.C12H7ClO2/c1-45(2)36-17-8-6-15-32(36)33-25-23-31(28-37(33)45)46(40-19-12-22-43-44(40)49-42-21-11-10-20-41(42)48-43)30-24-26-39-35(27-30)34-16-7-9-18-38(34)47(39)29-13-4-3-5-14-29;1-27(2)20-9-4-3-8-18(20)19-15-14-17(16-21(19)27)28-22-10-7-13-25-26(22)30-24-12-6-5-11-23(24)29-25;19-13-10-11-18-16(12-13)15-8-4-5-9-17(15)20(18)14-6-2-1-3-7-14;1-15(2)13-6-4-3-5-11(13)12-8-7-10(16)9-14(12)15;13-8-4-3-7-11-12(8)15-10-6-2-1-5-9(10)14-11/h3-28H,1-2H3;3-16,28H,1-2H3;1-12H;3-9H,16H2,1-2H3;1-7H. The molecule has 6 aliphatic rings. The third-order valence-electron chi connectivity index (χ3n) is 25.8. The zero-order chi connectivity index (χ0) is 88.1. The zero-order valence-electron chi connectivity index (χ0n) is 72.2. The highest BCUT2D eigenvalue weighted by Crippen LogP contribution is 2.58. The van der Waals surface area contributed by atoms with Crippen LogP contribution in [0.25, 0.3) is 88.4 Å². The Kier molecular flexibility index (Phi) is 20.2. The van der Waals surface area contributed by atoms with Crippen LogP contribution in [-0.4, -0.2) is 9.13 Å². The molecule has 26 rings (SSSR count). The molecule has 0 radical (unpaired) electrons. The molecule has 0 saturated heterocycles. The summed E-state index contributed by atoms with van der Waals surface area (Å²) in [5.41, 5.74) is 34.8. The topological polar surface area (TPSA) is 107 Å². The van der Waals surface area contributed by atoms with Gasteiger partial charge in [-0.05, 0) is 271 Å². The maximum absolute atomic E-state index is 6.67. The highest BCUT2D eigenvalue weighted by atomic mass is 127. The monoisotopic (exact) mass is 1820 g/mol. The summed E-state index contributed by atoms with van der Waals surface area (Å²) < 4.78 is 42.6. The van der Waals surface area contributed by atoms with Crippen LogP contribution in [0.1, 0.15) is 74.9 Å². The molecule has 18 aromatic carbocycles. The molecule has 11 nitrogen and oxygen atoms in total. The number of halogens is 2. The second kappa shape index (κ2) is 32.6. The summed E-state index contributed by atoms with van der Waals surface area (Å²) in [5, 5.41) is 9.12. The molecule has 5 heterocycles. The van der Waals surface area contributed by atoms with E-state index < -0.39 is 0 Å². The number of benzene rings is 18. The minimum Gasteiger partial charge on any atom is -0.449 e. The Morgan fingerprint density at radius 3 is 1.20 bits per heavy atom. The van der Waals surface area contributed by atoms with Crippen molar-refractivity contribution in [1.29, 1.82) is 0 Å². The first-order valence-corrected chi connectivity index (χ1v) is 45.2. The molecular formula is C117H87ClIN5O6. The minimum absolute atomic E-state index is 0.0295. The van der Waals surface area contributed by atoms with E-state index in [0.29, 0.717) is 62.5 Å². The van der Waals surface area contributed by atoms with E-state index in [1.807, 2.05) is 121 Å². The number of para-hydroxylation sites is 13. The Bertz CT molecular complexity index is 7890. The Morgan fingerprint density at radius 1 is 0.285 bits per heavy atom. The summed E-state index contributed by atoms with van der Waals surface area (Å²) in [7, 11) is 0. The summed E-state index contributed by atoms with van der Waals surface area (Å²) in [4.78, 5) is 2.32. The van der Waals surface area contributed by atoms with E-state index in [-0.39, 0.29) is 16.2 Å². The van der Waals surface area contributed by atoms with Gasteiger partial charge in [0.15, 0.2) is 69.0 Å². The molecule has 13 heteroatoms. The van der Waals surface area contributed by atoms with Gasteiger partial charge in [-0.2, -0.15) is 0 Å². The first-order chi connectivity index (χ1) is 63.5. The van der Waals surface area contributed by atoms with Crippen molar-refractivity contribution in [2.24, 2.45) is 0 Å². The number of nitrogens with one attached hydrogen (secondary N) is 1. The van der Waals surface area contributed by atoms with Gasteiger partial charge in [0, 0.05) is 75.5 Å². The van der Waals surface area contributed by atoms with Crippen molar-refractivity contribution in [1.82, 2.24) is 9.13 Å². The van der Waals surface area contributed by atoms with Crippen molar-refractivity contribution in [2.45, 2.75) is 57.8 Å². The summed E-state index contributed by atoms with van der Waals surface area (Å²) in [5.74, 6) is 8.33. The summed E-state index contributed by atoms with van der Waals surface area (Å²) in [6.45, 7) is 13.8. The second-order valence-corrected chi connectivity index (χ2v) is 36.4. The Morgan fingerprint density at radius 2 is 0.654 bits per heavy atom. The summed E-state index contributed by atoms with van der Waals surface area (Å²) in [6, 6.07) is 138. The molecule has 3 aliphatic heterocycles. The van der Waals surface area contributed by atoms with Crippen molar-refractivity contribution < 1.29 is 28.4 Å². The van der Waals surface area contributed by atoms with Crippen LogP contribution in [0.15, 0.2) is 400 Å². The van der Waals surface area contributed by atoms with Gasteiger partial charge in [-0.1, -0.05) is 272 Å². The molecule has 630 valence electrons. The minimum atomic E-state index is -0.144. The van der Waals surface area contributed by atoms with Crippen molar-refractivity contribution >= 4 is 112 Å². The van der Waals surface area contributed by atoms with Gasteiger partial charge in [-0.15, -0.1) is 0 Å². The van der Waals surface area contributed by atoms with Gasteiger partial charge in [0.1, 0.15) is 0 Å². The average Bonchev–Trinajstić information content (AvgIpc) is 1.58. The number of hydrogen-bond donors (Lipinski definition) is 2. The molecule has 0 atom stereocenters. The summed E-state index contributed by atoms with van der Waals surface area (Å²) in [6.07, 6.45) is 0. The van der Waals surface area contributed by atoms with E-state index in [1.54, 1.807) is 6.07 Å². The lowest BCUT2D eigenvalue weighted by molar-refractivity contribution is 0.360. The van der Waals surface area contributed by atoms with Crippen LogP contribution in [0.5, 0.6) is 69.0 Å². The number of fused-ring (bicyclic) bond motifs is 21. The quantitative estimate of drug-likeness (QED) is 0.119. The SMILES string of the molecule is CC1(C)c2ccccc2-c2ccc(N(c3ccc4c(c3)c3ccccc3n4-c3ccccc3)c3cccc4c3Oc3ccccc3O4)cc21.CC1(C)c2ccccc2-c2ccc(N)cc21.CC1(C)c2ccccc2-c2ccc(Nc3cccc4c3Oc3ccccc3O4)cc21.Clc1cccc2c1Oc1ccccc1O2.Ic1ccc2c(c1)c1ccccc1n2-c1ccccc1. The van der Waals surface area contributed by atoms with Crippen molar-refractivity contribution in [3.63, 3.8) is 0 Å². The lowest BCUT2D eigenvalue weighted by Crippen LogP contribution is -2.17. The zero-order valence-corrected chi connectivity index (χ0v) is 75.1. The molecular weight excluding hydrogens is 1730 g/mol. The van der Waals surface area contributed by atoms with Crippen LogP contribution in [-0.2, 0) is 16.2 Å². The summed E-state index contributed by atoms with van der Waals surface area (Å²) >= 11 is 8.38. The fourth-order valence-electron chi connectivity index (χ4n) is 19.5. The third-order valence-corrected chi connectivity index (χ3v) is 26.8. The van der Waals surface area contributed by atoms with Crippen LogP contribution in [0.3, 0.4) is 0 Å². The predicted molar refractivity (Wildman–Crippen MR) is 540 cm³/mol. The van der Waals surface area contributed by atoms with E-state index in [4.69, 9.17) is 45.8 Å². The Labute approximate surface area is 773 Å². The number of nitrogens with zero attached hydrogens (tertiary/aromatic N) is 3. The molecule has 3 aliphatic carbocycles. The largest absolute Gasteiger partial charge is 0.449 e. The highest BCUT2D eigenvalue weighted by Gasteiger charge is 2.40. The molecule has 130 heavy (non-hydrogen) atoms. The fourth-order valence-corrected chi connectivity index (χ4v) is 20.2. The lowest BCUT2D eigenvalue weighted by Gasteiger charge is -2.31. The van der Waals surface area contributed by atoms with Gasteiger partial charge in [0.05, 0.1) is 38.5 Å². The van der Waals surface area contributed by atoms with Crippen molar-refractivity contribution in [3.05, 3.63) is 442 Å². The van der Waals surface area contributed by atoms with Gasteiger partial charge in [0.25, 0.3) is 0 Å². The fraction of sp³-hybridized carbons (Fsp3) is 0.0769. The molecule has 3 N–H and O–H groups in total. The second-order valence-electron chi connectivity index (χ2n) is 34.8. The Hall–Kier alpha value is -15.2. The van der Waals surface area contributed by atoms with Crippen molar-refractivity contribution in [2.75, 3.05) is 16.0 Å². The first-order valence-electron chi connectivity index (χ1n) is 43.7. The van der Waals surface area contributed by atoms with Gasteiger partial charge >= 0.3 is 0 Å². The number of hydrogen-bond acceptors (Lipinski definition) is 9. The molecule has 0 unspecified atom stereocenters. The van der Waals surface area contributed by atoms with Crippen molar-refractivity contribution in [3.8, 4) is 114 Å². The third kappa shape index (κ3) is 14.1. The maximum atomic E-state index is 6.67. The molecule has 0 bridgehead atoms. The van der Waals surface area contributed by atoms with E-state index in [2.05, 4.69) is 356 Å². The number of nitrogens with two attached hydrogens (primary N) is 1. The lowest BCUT2D eigenvalue weighted by atomic mass is 9.82. The van der Waals surface area contributed by atoms with Gasteiger partial charge in [0.2, 0.25) is 0 Å². The smallest absolute Gasteiger partial charge is 0.194 e. The maximum Gasteiger partial charge on any atom is 0.194 e. The number of nitrogen functional groups attached to an aromatic ring is 1. The van der Waals surface area contributed by atoms with Crippen LogP contribution >= 0.6 is 34.2 Å². The number of rotatable bonds is 7. The molecule has 2 aromatic heterocycles. The number of aromatic nitrogens is 2. The van der Waals surface area contributed by atoms with Gasteiger partial charge in [-0.25, -0.2) is 0 Å². The van der Waals surface area contributed by atoms with Crippen LogP contribution in [0, 0.1) is 3.57 Å².